The summed E-state index contributed by atoms with van der Waals surface area (Å²) in [6.07, 6.45) is -1.26. The summed E-state index contributed by atoms with van der Waals surface area (Å²) >= 11 is 5.28. The predicted octanol–water partition coefficient (Wildman–Crippen LogP) is 2.32. The summed E-state index contributed by atoms with van der Waals surface area (Å²) in [7, 11) is 1.54. The van der Waals surface area contributed by atoms with E-state index in [-0.39, 0.29) is 12.0 Å². The molecule has 0 amide bonds. The first kappa shape index (κ1) is 27.3. The fourth-order valence-corrected chi connectivity index (χ4v) is 5.69. The molecule has 1 saturated heterocycles. The summed E-state index contributed by atoms with van der Waals surface area (Å²) in [5, 5.41) is 0. The van der Waals surface area contributed by atoms with Crippen molar-refractivity contribution in [1.29, 1.82) is 0 Å². The maximum atomic E-state index is 12.5. The fourth-order valence-electron chi connectivity index (χ4n) is 3.42. The average molecular weight is 495 g/mol. The number of nitrogens with zero attached hydrogens (tertiary/aromatic N) is 1. The van der Waals surface area contributed by atoms with Gasteiger partial charge in [0.25, 0.3) is 5.56 Å². The van der Waals surface area contributed by atoms with Crippen molar-refractivity contribution >= 4 is 18.5 Å². The van der Waals surface area contributed by atoms with E-state index in [0.29, 0.717) is 13.0 Å². The average Bonchev–Trinajstić information content (AvgIpc) is 2.88. The van der Waals surface area contributed by atoms with E-state index >= 15 is 0 Å². The molecule has 1 aromatic heterocycles. The lowest BCUT2D eigenvalue weighted by atomic mass is 9.87. The molecule has 2 heterocycles. The molecule has 2 N–H and O–H groups in total. The van der Waals surface area contributed by atoms with E-state index in [1.165, 1.54) is 16.8 Å². The topological polar surface area (TPSA) is 121 Å². The summed E-state index contributed by atoms with van der Waals surface area (Å²) in [6.45, 7) is 8.21. The highest BCUT2D eigenvalue weighted by Crippen LogP contribution is 2.52. The lowest BCUT2D eigenvalue weighted by molar-refractivity contribution is -0.0807. The molecular weight excluding hydrogens is 459 g/mol. The largest absolute Gasteiger partial charge is 0.382 e. The molecule has 0 aliphatic carbocycles. The van der Waals surface area contributed by atoms with E-state index in [4.69, 9.17) is 35.1 Å². The van der Waals surface area contributed by atoms with Crippen LogP contribution in [0.3, 0.4) is 0 Å². The molecule has 0 radical (unpaired) electrons. The first-order chi connectivity index (χ1) is 14.6. The minimum atomic E-state index is -3.68. The Morgan fingerprint density at radius 2 is 1.84 bits per heavy atom. The normalized spacial score (nSPS) is 26.2. The summed E-state index contributed by atoms with van der Waals surface area (Å²) in [4.78, 5) is 37.1. The molecule has 184 valence electrons. The van der Waals surface area contributed by atoms with Gasteiger partial charge in [-0.2, -0.15) is 0 Å². The van der Waals surface area contributed by atoms with Crippen LogP contribution in [0.4, 0.5) is 0 Å². The molecule has 0 aromatic carbocycles. The number of methoxy groups -OCH3 is 1. The quantitative estimate of drug-likeness (QED) is 0.393. The van der Waals surface area contributed by atoms with Crippen LogP contribution in [-0.2, 0) is 35.1 Å². The van der Waals surface area contributed by atoms with Gasteiger partial charge in [-0.25, -0.2) is 4.79 Å². The Bertz CT molecular complexity index is 920. The van der Waals surface area contributed by atoms with Crippen molar-refractivity contribution in [3.63, 3.8) is 0 Å². The molecule has 2 unspecified atom stereocenters. The molecule has 0 bridgehead atoms. The van der Waals surface area contributed by atoms with Crippen LogP contribution in [0.15, 0.2) is 21.9 Å². The molecule has 2 rings (SSSR count). The van der Waals surface area contributed by atoms with Crippen molar-refractivity contribution in [2.45, 2.75) is 78.1 Å². The Morgan fingerprint density at radius 3 is 2.38 bits per heavy atom. The van der Waals surface area contributed by atoms with Crippen molar-refractivity contribution in [2.75, 3.05) is 20.3 Å². The molecule has 0 saturated carbocycles. The van der Waals surface area contributed by atoms with Gasteiger partial charge in [0.05, 0.1) is 24.9 Å². The molecule has 5 atom stereocenters. The second kappa shape index (κ2) is 10.6. The summed E-state index contributed by atoms with van der Waals surface area (Å²) in [5.41, 5.74) is -2.07. The number of H-pyrrole nitrogens is 1. The third-order valence-electron chi connectivity index (χ3n) is 4.47. The third kappa shape index (κ3) is 8.14. The number of hydrogen-bond acceptors (Lipinski definition) is 8. The second-order valence-electron chi connectivity index (χ2n) is 9.92. The maximum absolute atomic E-state index is 12.5. The lowest BCUT2D eigenvalue weighted by Gasteiger charge is -2.32. The SMILES string of the molecule is COCCOC1[C@@H](OP(O)(=S)OC(C)(C)C)[C@@H](CC(C)(C)C)O[C@H]1n1ccc(=O)[nH]c1=O. The van der Waals surface area contributed by atoms with Gasteiger partial charge in [-0.05, 0) is 44.4 Å². The first-order valence-electron chi connectivity index (χ1n) is 10.4. The van der Waals surface area contributed by atoms with Gasteiger partial charge < -0.3 is 23.6 Å². The summed E-state index contributed by atoms with van der Waals surface area (Å²) in [5.74, 6) is 0. The molecule has 1 fully saturated rings. The minimum absolute atomic E-state index is 0.170. The molecule has 10 nitrogen and oxygen atoms in total. The highest BCUT2D eigenvalue weighted by molar-refractivity contribution is 8.07. The van der Waals surface area contributed by atoms with Crippen LogP contribution in [-0.4, -0.2) is 58.7 Å². The highest BCUT2D eigenvalue weighted by atomic mass is 32.5. The van der Waals surface area contributed by atoms with E-state index < -0.39 is 48.1 Å². The maximum Gasteiger partial charge on any atom is 0.330 e. The monoisotopic (exact) mass is 494 g/mol. The van der Waals surface area contributed by atoms with Crippen LogP contribution in [0.1, 0.15) is 54.2 Å². The van der Waals surface area contributed by atoms with Crippen LogP contribution >= 0.6 is 6.72 Å². The fraction of sp³-hybridized carbons (Fsp3) is 0.800. The Morgan fingerprint density at radius 1 is 1.19 bits per heavy atom. The van der Waals surface area contributed by atoms with Gasteiger partial charge in [-0.15, -0.1) is 0 Å². The Hall–Kier alpha value is -0.910. The van der Waals surface area contributed by atoms with Crippen LogP contribution in [0.25, 0.3) is 0 Å². The lowest BCUT2D eigenvalue weighted by Crippen LogP contribution is -2.41. The molecule has 0 spiro atoms. The molecular formula is C20H35N2O8PS. The van der Waals surface area contributed by atoms with E-state index in [9.17, 15) is 14.5 Å². The molecule has 32 heavy (non-hydrogen) atoms. The minimum Gasteiger partial charge on any atom is -0.382 e. The number of aromatic amines is 1. The molecule has 1 aromatic rings. The smallest absolute Gasteiger partial charge is 0.330 e. The number of nitrogens with one attached hydrogen (secondary N) is 1. The Balaban J connectivity index is 2.47. The van der Waals surface area contributed by atoms with Crippen molar-refractivity contribution in [3.8, 4) is 0 Å². The Kier molecular flexibility index (Phi) is 9.03. The standard InChI is InChI=1S/C20H35N2O8PS/c1-19(2,3)12-13-15(29-31(25,32)30-20(4,5)6)16(27-11-10-26-7)17(28-13)22-9-8-14(23)21-18(22)24/h8-9,13,15-17H,10-12H2,1-7H3,(H,25,32)(H,21,23,24)/t13-,15+,16?,17-,31?/m1/s1. The molecule has 12 heteroatoms. The van der Waals surface area contributed by atoms with E-state index in [1.807, 2.05) is 20.8 Å². The highest BCUT2D eigenvalue weighted by Gasteiger charge is 2.50. The van der Waals surface area contributed by atoms with Gasteiger partial charge >= 0.3 is 12.4 Å². The second-order valence-corrected chi connectivity index (χ2v) is 12.6. The van der Waals surface area contributed by atoms with Gasteiger partial charge in [0.15, 0.2) is 6.23 Å². The van der Waals surface area contributed by atoms with Crippen LogP contribution < -0.4 is 11.2 Å². The van der Waals surface area contributed by atoms with Crippen molar-refractivity contribution < 1.29 is 28.2 Å². The van der Waals surface area contributed by atoms with Crippen LogP contribution in [0.5, 0.6) is 0 Å². The van der Waals surface area contributed by atoms with Gasteiger partial charge in [0, 0.05) is 19.4 Å². The number of rotatable bonds is 9. The van der Waals surface area contributed by atoms with E-state index in [0.717, 1.165) is 0 Å². The number of aromatic nitrogens is 2. The van der Waals surface area contributed by atoms with Crippen LogP contribution in [0.2, 0.25) is 0 Å². The van der Waals surface area contributed by atoms with Crippen molar-refractivity contribution in [2.24, 2.45) is 5.41 Å². The van der Waals surface area contributed by atoms with Crippen LogP contribution in [0, 0.1) is 5.41 Å². The van der Waals surface area contributed by atoms with Gasteiger partial charge in [0.1, 0.15) is 12.2 Å². The van der Waals surface area contributed by atoms with Gasteiger partial charge in [-0.3, -0.25) is 18.9 Å². The van der Waals surface area contributed by atoms with E-state index in [1.54, 1.807) is 27.9 Å². The Labute approximate surface area is 193 Å². The summed E-state index contributed by atoms with van der Waals surface area (Å²) < 4.78 is 30.2. The van der Waals surface area contributed by atoms with Gasteiger partial charge in [-0.1, -0.05) is 20.8 Å². The third-order valence-corrected chi connectivity index (χ3v) is 6.24. The summed E-state index contributed by atoms with van der Waals surface area (Å²) in [6, 6.07) is 1.23. The van der Waals surface area contributed by atoms with E-state index in [2.05, 4.69) is 4.98 Å². The van der Waals surface area contributed by atoms with Gasteiger partial charge in [0.2, 0.25) is 0 Å². The predicted molar refractivity (Wildman–Crippen MR) is 123 cm³/mol. The van der Waals surface area contributed by atoms with Crippen molar-refractivity contribution in [1.82, 2.24) is 9.55 Å². The number of hydrogen-bond donors (Lipinski definition) is 2. The molecule has 1 aliphatic heterocycles. The zero-order valence-electron chi connectivity index (χ0n) is 19.7. The first-order valence-corrected chi connectivity index (χ1v) is 13.0. The van der Waals surface area contributed by atoms with Crippen molar-refractivity contribution in [3.05, 3.63) is 33.1 Å². The molecule has 1 aliphatic rings. The zero-order chi connectivity index (χ0) is 24.3. The zero-order valence-corrected chi connectivity index (χ0v) is 21.4. The number of ether oxygens (including phenoxy) is 3.